The molecule has 0 nitrogen and oxygen atoms in total. The standard InChI is InChI=1S/C12H14F2/c1-8(2)12(3,4)9-5-6-10(13)11(14)7-9/h5-7H,1H2,2-4H3. The molecular formula is C12H14F2. The zero-order valence-electron chi connectivity index (χ0n) is 8.70. The Labute approximate surface area is 83.3 Å². The second kappa shape index (κ2) is 3.52. The molecule has 0 amide bonds. The van der Waals surface area contributed by atoms with Crippen LogP contribution in [0.25, 0.3) is 0 Å². The maximum absolute atomic E-state index is 13.0. The number of hydrogen-bond acceptors (Lipinski definition) is 0. The summed E-state index contributed by atoms with van der Waals surface area (Å²) in [6, 6.07) is 3.96. The third kappa shape index (κ3) is 1.84. The zero-order valence-corrected chi connectivity index (χ0v) is 8.70. The summed E-state index contributed by atoms with van der Waals surface area (Å²) in [5, 5.41) is 0. The molecule has 0 bridgehead atoms. The first-order chi connectivity index (χ1) is 6.35. The topological polar surface area (TPSA) is 0 Å². The lowest BCUT2D eigenvalue weighted by Gasteiger charge is -2.25. The molecule has 2 heteroatoms. The maximum Gasteiger partial charge on any atom is 0.159 e. The molecule has 0 unspecified atom stereocenters. The number of halogens is 2. The molecule has 1 rings (SSSR count). The van der Waals surface area contributed by atoms with E-state index in [0.717, 1.165) is 17.2 Å². The van der Waals surface area contributed by atoms with Gasteiger partial charge in [-0.15, -0.1) is 0 Å². The van der Waals surface area contributed by atoms with Crippen molar-refractivity contribution in [1.29, 1.82) is 0 Å². The van der Waals surface area contributed by atoms with Gasteiger partial charge in [-0.25, -0.2) is 8.78 Å². The molecule has 1 aromatic rings. The fourth-order valence-electron chi connectivity index (χ4n) is 1.13. The second-order valence-electron chi connectivity index (χ2n) is 4.03. The summed E-state index contributed by atoms with van der Waals surface area (Å²) in [6.07, 6.45) is 0. The van der Waals surface area contributed by atoms with Gasteiger partial charge >= 0.3 is 0 Å². The predicted octanol–water partition coefficient (Wildman–Crippen LogP) is 3.82. The highest BCUT2D eigenvalue weighted by Gasteiger charge is 2.22. The van der Waals surface area contributed by atoms with E-state index in [0.29, 0.717) is 0 Å². The number of rotatable bonds is 2. The molecule has 0 aliphatic heterocycles. The quantitative estimate of drug-likeness (QED) is 0.631. The molecule has 0 heterocycles. The van der Waals surface area contributed by atoms with Gasteiger partial charge in [0.15, 0.2) is 11.6 Å². The third-order valence-corrected chi connectivity index (χ3v) is 2.71. The van der Waals surface area contributed by atoms with E-state index in [4.69, 9.17) is 0 Å². The van der Waals surface area contributed by atoms with Gasteiger partial charge < -0.3 is 0 Å². The van der Waals surface area contributed by atoms with Crippen molar-refractivity contribution in [1.82, 2.24) is 0 Å². The fraction of sp³-hybridized carbons (Fsp3) is 0.333. The Kier molecular flexibility index (Phi) is 2.74. The second-order valence-corrected chi connectivity index (χ2v) is 4.03. The fourth-order valence-corrected chi connectivity index (χ4v) is 1.13. The number of benzene rings is 1. The average Bonchev–Trinajstić information content (AvgIpc) is 2.09. The van der Waals surface area contributed by atoms with E-state index >= 15 is 0 Å². The molecule has 14 heavy (non-hydrogen) atoms. The molecular weight excluding hydrogens is 182 g/mol. The van der Waals surface area contributed by atoms with Gasteiger partial charge in [-0.05, 0) is 24.6 Å². The van der Waals surface area contributed by atoms with E-state index in [1.807, 2.05) is 20.8 Å². The van der Waals surface area contributed by atoms with Crippen LogP contribution in [0.1, 0.15) is 26.3 Å². The Balaban J connectivity index is 3.21. The molecule has 0 N–H and O–H groups in total. The molecule has 0 aromatic heterocycles. The average molecular weight is 196 g/mol. The van der Waals surface area contributed by atoms with E-state index in [2.05, 4.69) is 6.58 Å². The molecule has 0 saturated heterocycles. The highest BCUT2D eigenvalue weighted by Crippen LogP contribution is 2.30. The molecule has 0 saturated carbocycles. The van der Waals surface area contributed by atoms with Gasteiger partial charge in [-0.3, -0.25) is 0 Å². The van der Waals surface area contributed by atoms with Gasteiger partial charge in [0.1, 0.15) is 0 Å². The predicted molar refractivity (Wildman–Crippen MR) is 54.2 cm³/mol. The normalized spacial score (nSPS) is 11.5. The van der Waals surface area contributed by atoms with Crippen LogP contribution in [0.2, 0.25) is 0 Å². The summed E-state index contributed by atoms with van der Waals surface area (Å²) in [4.78, 5) is 0. The van der Waals surface area contributed by atoms with Crippen LogP contribution in [0.5, 0.6) is 0 Å². The van der Waals surface area contributed by atoms with Crippen LogP contribution in [0.15, 0.2) is 30.4 Å². The van der Waals surface area contributed by atoms with Crippen LogP contribution >= 0.6 is 0 Å². The minimum absolute atomic E-state index is 0.325. The van der Waals surface area contributed by atoms with Crippen molar-refractivity contribution in [2.24, 2.45) is 0 Å². The molecule has 1 aromatic carbocycles. The number of allylic oxidation sites excluding steroid dienone is 1. The largest absolute Gasteiger partial charge is 0.204 e. The van der Waals surface area contributed by atoms with Crippen LogP contribution in [0.4, 0.5) is 8.78 Å². The van der Waals surface area contributed by atoms with Gasteiger partial charge in [0, 0.05) is 5.41 Å². The van der Waals surface area contributed by atoms with Gasteiger partial charge in [0.25, 0.3) is 0 Å². The molecule has 0 aliphatic carbocycles. The van der Waals surface area contributed by atoms with Gasteiger partial charge in [0.2, 0.25) is 0 Å². The lowest BCUT2D eigenvalue weighted by atomic mass is 9.79. The van der Waals surface area contributed by atoms with Crippen LogP contribution in [-0.2, 0) is 5.41 Å². The van der Waals surface area contributed by atoms with Crippen LogP contribution in [0.3, 0.4) is 0 Å². The van der Waals surface area contributed by atoms with Crippen molar-refractivity contribution in [3.8, 4) is 0 Å². The van der Waals surface area contributed by atoms with Gasteiger partial charge in [-0.2, -0.15) is 0 Å². The summed E-state index contributed by atoms with van der Waals surface area (Å²) in [6.45, 7) is 9.58. The third-order valence-electron chi connectivity index (χ3n) is 2.71. The summed E-state index contributed by atoms with van der Waals surface area (Å²) in [7, 11) is 0. The van der Waals surface area contributed by atoms with Crippen LogP contribution in [-0.4, -0.2) is 0 Å². The van der Waals surface area contributed by atoms with Gasteiger partial charge in [-0.1, -0.05) is 32.1 Å². The summed E-state index contributed by atoms with van der Waals surface area (Å²) in [5.41, 5.74) is 1.33. The van der Waals surface area contributed by atoms with Crippen molar-refractivity contribution in [2.45, 2.75) is 26.2 Å². The van der Waals surface area contributed by atoms with Crippen molar-refractivity contribution in [2.75, 3.05) is 0 Å². The maximum atomic E-state index is 13.0. The molecule has 0 aliphatic rings. The molecule has 0 spiro atoms. The van der Waals surface area contributed by atoms with Crippen molar-refractivity contribution in [3.05, 3.63) is 47.5 Å². The van der Waals surface area contributed by atoms with Crippen LogP contribution in [0, 0.1) is 11.6 Å². The Morgan fingerprint density at radius 3 is 2.21 bits per heavy atom. The Hall–Kier alpha value is -1.18. The monoisotopic (exact) mass is 196 g/mol. The molecule has 0 radical (unpaired) electrons. The highest BCUT2D eigenvalue weighted by atomic mass is 19.2. The van der Waals surface area contributed by atoms with E-state index < -0.39 is 11.6 Å². The smallest absolute Gasteiger partial charge is 0.159 e. The van der Waals surface area contributed by atoms with Crippen molar-refractivity contribution in [3.63, 3.8) is 0 Å². The number of hydrogen-bond donors (Lipinski definition) is 0. The first-order valence-electron chi connectivity index (χ1n) is 4.47. The summed E-state index contributed by atoms with van der Waals surface area (Å²) < 4.78 is 25.7. The van der Waals surface area contributed by atoms with Crippen molar-refractivity contribution < 1.29 is 8.78 Å². The van der Waals surface area contributed by atoms with E-state index in [-0.39, 0.29) is 5.41 Å². The Bertz CT molecular complexity index is 365. The lowest BCUT2D eigenvalue weighted by molar-refractivity contribution is 0.501. The highest BCUT2D eigenvalue weighted by molar-refractivity contribution is 5.32. The molecule has 0 fully saturated rings. The summed E-state index contributed by atoms with van der Waals surface area (Å²) in [5.74, 6) is -1.62. The minimum atomic E-state index is -0.814. The SMILES string of the molecule is C=C(C)C(C)(C)c1ccc(F)c(F)c1. The van der Waals surface area contributed by atoms with Crippen molar-refractivity contribution >= 4 is 0 Å². The van der Waals surface area contributed by atoms with E-state index in [1.54, 1.807) is 6.07 Å². The first-order valence-corrected chi connectivity index (χ1v) is 4.47. The van der Waals surface area contributed by atoms with Gasteiger partial charge in [0.05, 0.1) is 0 Å². The van der Waals surface area contributed by atoms with E-state index in [1.165, 1.54) is 6.07 Å². The minimum Gasteiger partial charge on any atom is -0.204 e. The Morgan fingerprint density at radius 1 is 1.21 bits per heavy atom. The van der Waals surface area contributed by atoms with E-state index in [9.17, 15) is 8.78 Å². The Morgan fingerprint density at radius 2 is 1.79 bits per heavy atom. The first kappa shape index (κ1) is 10.9. The van der Waals surface area contributed by atoms with Crippen LogP contribution < -0.4 is 0 Å². The zero-order chi connectivity index (χ0) is 10.9. The lowest BCUT2D eigenvalue weighted by Crippen LogP contribution is -2.18. The summed E-state index contributed by atoms with van der Waals surface area (Å²) >= 11 is 0. The molecule has 0 atom stereocenters. The molecule has 76 valence electrons.